The molecule has 0 bridgehead atoms. The van der Waals surface area contributed by atoms with Crippen molar-refractivity contribution >= 4 is 7.85 Å². The Morgan fingerprint density at radius 1 is 1.36 bits per heavy atom. The van der Waals surface area contributed by atoms with Gasteiger partial charge in [0.05, 0.1) is 0 Å². The van der Waals surface area contributed by atoms with E-state index in [1.54, 1.807) is 0 Å². The minimum Gasteiger partial charge on any atom is -0.0998 e. The van der Waals surface area contributed by atoms with Crippen molar-refractivity contribution in [3.05, 3.63) is 12.2 Å². The molecule has 0 aromatic carbocycles. The first kappa shape index (κ1) is 7.45. The quantitative estimate of drug-likeness (QED) is 0.364. The molecule has 2 fully saturated rings. The van der Waals surface area contributed by atoms with Crippen molar-refractivity contribution in [3.8, 4) is 0 Å². The van der Waals surface area contributed by atoms with Crippen LogP contribution in [0.1, 0.15) is 32.6 Å². The highest BCUT2D eigenvalue weighted by Crippen LogP contribution is 2.56. The molecule has 0 heterocycles. The lowest BCUT2D eigenvalue weighted by molar-refractivity contribution is 0.457. The summed E-state index contributed by atoms with van der Waals surface area (Å²) in [5.41, 5.74) is 1.51. The van der Waals surface area contributed by atoms with Crippen molar-refractivity contribution in [1.29, 1.82) is 0 Å². The van der Waals surface area contributed by atoms with Crippen LogP contribution in [0.3, 0.4) is 0 Å². The summed E-state index contributed by atoms with van der Waals surface area (Å²) in [5.74, 6) is 2.00. The van der Waals surface area contributed by atoms with Crippen LogP contribution in [0.4, 0.5) is 0 Å². The maximum absolute atomic E-state index is 4.08. The zero-order chi connectivity index (χ0) is 8.06. The van der Waals surface area contributed by atoms with E-state index in [4.69, 9.17) is 0 Å². The van der Waals surface area contributed by atoms with Crippen molar-refractivity contribution in [2.75, 3.05) is 0 Å². The smallest absolute Gasteiger partial charge is 0.0998 e. The molecule has 2 saturated carbocycles. The van der Waals surface area contributed by atoms with Crippen molar-refractivity contribution in [1.82, 2.24) is 0 Å². The van der Waals surface area contributed by atoms with E-state index in [0.29, 0.717) is 5.31 Å². The van der Waals surface area contributed by atoms with E-state index in [1.165, 1.54) is 31.3 Å². The third-order valence-electron chi connectivity index (χ3n) is 3.40. The van der Waals surface area contributed by atoms with Gasteiger partial charge in [-0.05, 0) is 24.7 Å². The fourth-order valence-corrected chi connectivity index (χ4v) is 3.14. The second kappa shape index (κ2) is 2.15. The SMILES string of the molecule is BC1(C)CC2CC(=C)CC2C1. The predicted octanol–water partition coefficient (Wildman–Crippen LogP) is 2.17. The summed E-state index contributed by atoms with van der Waals surface area (Å²) in [5, 5.41) is 0.635. The zero-order valence-corrected chi connectivity index (χ0v) is 7.69. The van der Waals surface area contributed by atoms with Crippen LogP contribution in [-0.4, -0.2) is 7.85 Å². The number of allylic oxidation sites excluding steroid dienone is 1. The molecule has 0 aromatic heterocycles. The van der Waals surface area contributed by atoms with Crippen LogP contribution in [0.25, 0.3) is 0 Å². The molecule has 0 saturated heterocycles. The van der Waals surface area contributed by atoms with Crippen LogP contribution in [0.5, 0.6) is 0 Å². The normalized spacial score (nSPS) is 49.7. The van der Waals surface area contributed by atoms with Crippen LogP contribution >= 0.6 is 0 Å². The molecule has 2 atom stereocenters. The minimum atomic E-state index is 0.635. The molecule has 0 nitrogen and oxygen atoms in total. The third kappa shape index (κ3) is 1.26. The minimum absolute atomic E-state index is 0.635. The van der Waals surface area contributed by atoms with E-state index in [0.717, 1.165) is 11.8 Å². The number of hydrogen-bond acceptors (Lipinski definition) is 0. The monoisotopic (exact) mass is 148 g/mol. The molecule has 0 aliphatic heterocycles. The number of rotatable bonds is 0. The van der Waals surface area contributed by atoms with Crippen molar-refractivity contribution in [3.63, 3.8) is 0 Å². The Balaban J connectivity index is 2.09. The highest BCUT2D eigenvalue weighted by molar-refractivity contribution is 6.15. The average molecular weight is 148 g/mol. The fraction of sp³-hybridized carbons (Fsp3) is 0.800. The van der Waals surface area contributed by atoms with Gasteiger partial charge in [0.25, 0.3) is 0 Å². The average Bonchev–Trinajstić information content (AvgIpc) is 2.17. The van der Waals surface area contributed by atoms with Gasteiger partial charge in [0.2, 0.25) is 0 Å². The molecule has 2 aliphatic carbocycles. The summed E-state index contributed by atoms with van der Waals surface area (Å²) >= 11 is 0. The molecule has 2 unspecified atom stereocenters. The van der Waals surface area contributed by atoms with E-state index in [1.807, 2.05) is 0 Å². The van der Waals surface area contributed by atoms with Gasteiger partial charge in [-0.3, -0.25) is 0 Å². The van der Waals surface area contributed by atoms with Gasteiger partial charge in [-0.15, -0.1) is 0 Å². The fourth-order valence-electron chi connectivity index (χ4n) is 3.14. The summed E-state index contributed by atoms with van der Waals surface area (Å²) in [6, 6.07) is 0. The molecule has 0 spiro atoms. The molecule has 2 aliphatic rings. The van der Waals surface area contributed by atoms with E-state index in [9.17, 15) is 0 Å². The van der Waals surface area contributed by atoms with Crippen molar-refractivity contribution in [2.45, 2.75) is 37.9 Å². The van der Waals surface area contributed by atoms with Crippen LogP contribution in [-0.2, 0) is 0 Å². The maximum atomic E-state index is 4.08. The molecule has 0 aromatic rings. The van der Waals surface area contributed by atoms with Crippen molar-refractivity contribution < 1.29 is 0 Å². The van der Waals surface area contributed by atoms with Gasteiger partial charge in [0, 0.05) is 0 Å². The standard InChI is InChI=1S/C10H17B/c1-7-3-8-5-10(2,11)6-9(8)4-7/h8-9H,1,3-6,11H2,2H3. The van der Waals surface area contributed by atoms with E-state index >= 15 is 0 Å². The summed E-state index contributed by atoms with van der Waals surface area (Å²) in [4.78, 5) is 0. The summed E-state index contributed by atoms with van der Waals surface area (Å²) in [7, 11) is 2.41. The van der Waals surface area contributed by atoms with Crippen molar-refractivity contribution in [2.24, 2.45) is 11.8 Å². The van der Waals surface area contributed by atoms with Gasteiger partial charge in [0.1, 0.15) is 7.85 Å². The van der Waals surface area contributed by atoms with Gasteiger partial charge in [0.15, 0.2) is 0 Å². The molecular formula is C10H17B. The van der Waals surface area contributed by atoms with Gasteiger partial charge in [-0.1, -0.05) is 37.2 Å². The summed E-state index contributed by atoms with van der Waals surface area (Å²) in [6.07, 6.45) is 5.54. The van der Waals surface area contributed by atoms with Crippen LogP contribution in [0.2, 0.25) is 5.31 Å². The highest BCUT2D eigenvalue weighted by Gasteiger charge is 2.42. The Labute approximate surface area is 70.5 Å². The van der Waals surface area contributed by atoms with E-state index in [-0.39, 0.29) is 0 Å². The largest absolute Gasteiger partial charge is 0.109 e. The Morgan fingerprint density at radius 2 is 1.82 bits per heavy atom. The first-order valence-electron chi connectivity index (χ1n) is 4.73. The van der Waals surface area contributed by atoms with Crippen LogP contribution in [0.15, 0.2) is 12.2 Å². The number of fused-ring (bicyclic) bond motifs is 1. The van der Waals surface area contributed by atoms with E-state index < -0.39 is 0 Å². The maximum Gasteiger partial charge on any atom is 0.109 e. The highest BCUT2D eigenvalue weighted by atomic mass is 14.4. The Hall–Kier alpha value is -0.195. The third-order valence-corrected chi connectivity index (χ3v) is 3.40. The topological polar surface area (TPSA) is 0 Å². The second-order valence-corrected chi connectivity index (χ2v) is 5.25. The molecule has 0 amide bonds. The summed E-state index contributed by atoms with van der Waals surface area (Å²) < 4.78 is 0. The predicted molar refractivity (Wildman–Crippen MR) is 51.5 cm³/mol. The van der Waals surface area contributed by atoms with Gasteiger partial charge < -0.3 is 0 Å². The first-order valence-corrected chi connectivity index (χ1v) is 4.73. The Kier molecular flexibility index (Phi) is 1.46. The van der Waals surface area contributed by atoms with Gasteiger partial charge in [-0.2, -0.15) is 0 Å². The molecule has 1 heteroatoms. The lowest BCUT2D eigenvalue weighted by atomic mass is 9.68. The molecule has 11 heavy (non-hydrogen) atoms. The molecule has 60 valence electrons. The lowest BCUT2D eigenvalue weighted by Gasteiger charge is -2.17. The number of hydrogen-bond donors (Lipinski definition) is 0. The molecule has 2 rings (SSSR count). The van der Waals surface area contributed by atoms with Gasteiger partial charge >= 0.3 is 0 Å². The first-order chi connectivity index (χ1) is 5.07. The summed E-state index contributed by atoms with van der Waals surface area (Å²) in [6.45, 7) is 6.50. The van der Waals surface area contributed by atoms with E-state index in [2.05, 4.69) is 21.3 Å². The second-order valence-electron chi connectivity index (χ2n) is 5.25. The molecular weight excluding hydrogens is 131 g/mol. The Bertz CT molecular complexity index is 175. The lowest BCUT2D eigenvalue weighted by Crippen LogP contribution is -2.02. The van der Waals surface area contributed by atoms with Crippen LogP contribution in [0, 0.1) is 11.8 Å². The zero-order valence-electron chi connectivity index (χ0n) is 7.69. The Morgan fingerprint density at radius 3 is 2.27 bits per heavy atom. The van der Waals surface area contributed by atoms with Gasteiger partial charge in [-0.25, -0.2) is 0 Å². The molecule has 0 N–H and O–H groups in total. The van der Waals surface area contributed by atoms with Crippen LogP contribution < -0.4 is 0 Å². The molecule has 0 radical (unpaired) electrons.